The summed E-state index contributed by atoms with van der Waals surface area (Å²) in [4.78, 5) is 10.5. The summed E-state index contributed by atoms with van der Waals surface area (Å²) in [5.41, 5.74) is 0.845. The Labute approximate surface area is 114 Å². The summed E-state index contributed by atoms with van der Waals surface area (Å²) in [6.45, 7) is 2.68. The maximum Gasteiger partial charge on any atom is 0.317 e. The molecule has 0 radical (unpaired) electrons. The van der Waals surface area contributed by atoms with E-state index in [1.54, 1.807) is 13.2 Å². The summed E-state index contributed by atoms with van der Waals surface area (Å²) in [5.74, 6) is 0.367. The molecule has 5 nitrogen and oxygen atoms in total. The Morgan fingerprint density at radius 2 is 2.22 bits per heavy atom. The second-order valence-corrected chi connectivity index (χ2v) is 4.34. The zero-order chi connectivity index (χ0) is 13.5. The van der Waals surface area contributed by atoms with Crippen molar-refractivity contribution in [2.45, 2.75) is 13.5 Å². The van der Waals surface area contributed by atoms with Gasteiger partial charge in [-0.15, -0.1) is 0 Å². The highest BCUT2D eigenvalue weighted by molar-refractivity contribution is 9.10. The quantitative estimate of drug-likeness (QED) is 0.805. The number of aliphatic carboxylic acids is 1. The molecule has 0 unspecified atom stereocenters. The molecule has 0 saturated carbocycles. The van der Waals surface area contributed by atoms with Gasteiger partial charge < -0.3 is 19.9 Å². The van der Waals surface area contributed by atoms with Crippen LogP contribution >= 0.6 is 15.9 Å². The van der Waals surface area contributed by atoms with E-state index in [0.717, 1.165) is 10.0 Å². The molecular formula is C12H16BrNO4. The van der Waals surface area contributed by atoms with Crippen LogP contribution in [0.4, 0.5) is 0 Å². The first-order valence-corrected chi connectivity index (χ1v) is 6.30. The molecule has 2 N–H and O–H groups in total. The lowest BCUT2D eigenvalue weighted by molar-refractivity contribution is -0.136. The van der Waals surface area contributed by atoms with Crippen molar-refractivity contribution in [2.24, 2.45) is 0 Å². The van der Waals surface area contributed by atoms with Gasteiger partial charge in [0.05, 0.1) is 20.3 Å². The number of methoxy groups -OCH3 is 1. The van der Waals surface area contributed by atoms with E-state index < -0.39 is 5.97 Å². The van der Waals surface area contributed by atoms with Gasteiger partial charge in [0, 0.05) is 16.6 Å². The number of ether oxygens (including phenoxy) is 2. The Kier molecular flexibility index (Phi) is 5.94. The van der Waals surface area contributed by atoms with Gasteiger partial charge in [-0.1, -0.05) is 15.9 Å². The summed E-state index contributed by atoms with van der Waals surface area (Å²) in [6, 6.07) is 3.65. The standard InChI is InChI=1S/C12H16BrNO4/c1-3-18-12-8(6-14-7-11(15)16)9(13)4-5-10(12)17-2/h4-5,14H,3,6-7H2,1-2H3,(H,15,16). The van der Waals surface area contributed by atoms with Gasteiger partial charge in [-0.2, -0.15) is 0 Å². The lowest BCUT2D eigenvalue weighted by Gasteiger charge is -2.15. The fourth-order valence-electron chi connectivity index (χ4n) is 1.50. The van der Waals surface area contributed by atoms with Crippen molar-refractivity contribution in [3.8, 4) is 11.5 Å². The first kappa shape index (κ1) is 14.8. The van der Waals surface area contributed by atoms with Crippen LogP contribution in [0.1, 0.15) is 12.5 Å². The average molecular weight is 318 g/mol. The largest absolute Gasteiger partial charge is 0.493 e. The minimum absolute atomic E-state index is 0.102. The number of nitrogens with one attached hydrogen (secondary N) is 1. The van der Waals surface area contributed by atoms with Crippen LogP contribution in [-0.2, 0) is 11.3 Å². The van der Waals surface area contributed by atoms with Crippen molar-refractivity contribution >= 4 is 21.9 Å². The summed E-state index contributed by atoms with van der Waals surface area (Å²) >= 11 is 3.42. The molecule has 1 rings (SSSR count). The van der Waals surface area contributed by atoms with Crippen molar-refractivity contribution < 1.29 is 19.4 Å². The molecule has 1 aromatic rings. The summed E-state index contributed by atoms with van der Waals surface area (Å²) in [7, 11) is 1.57. The van der Waals surface area contributed by atoms with E-state index in [1.807, 2.05) is 13.0 Å². The molecule has 0 amide bonds. The Morgan fingerprint density at radius 3 is 2.78 bits per heavy atom. The van der Waals surface area contributed by atoms with Crippen LogP contribution in [0.3, 0.4) is 0 Å². The summed E-state index contributed by atoms with van der Waals surface area (Å²) < 4.78 is 11.6. The summed E-state index contributed by atoms with van der Waals surface area (Å²) in [5, 5.41) is 11.4. The number of carboxylic acids is 1. The van der Waals surface area contributed by atoms with Crippen LogP contribution in [0.25, 0.3) is 0 Å². The third-order valence-corrected chi connectivity index (χ3v) is 3.00. The van der Waals surface area contributed by atoms with Crippen molar-refractivity contribution in [2.75, 3.05) is 20.3 Å². The van der Waals surface area contributed by atoms with Gasteiger partial charge in [-0.3, -0.25) is 4.79 Å². The predicted octanol–water partition coefficient (Wildman–Crippen LogP) is 2.03. The molecule has 0 heterocycles. The predicted molar refractivity (Wildman–Crippen MR) is 71.2 cm³/mol. The van der Waals surface area contributed by atoms with Crippen molar-refractivity contribution in [1.82, 2.24) is 5.32 Å². The zero-order valence-electron chi connectivity index (χ0n) is 10.3. The monoisotopic (exact) mass is 317 g/mol. The molecule has 0 fully saturated rings. The molecule has 0 aliphatic heterocycles. The molecule has 100 valence electrons. The van der Waals surface area contributed by atoms with Gasteiger partial charge in [0.15, 0.2) is 11.5 Å². The molecule has 0 aromatic heterocycles. The second-order valence-electron chi connectivity index (χ2n) is 3.49. The third-order valence-electron chi connectivity index (χ3n) is 2.25. The zero-order valence-corrected chi connectivity index (χ0v) is 11.9. The third kappa shape index (κ3) is 3.89. The van der Waals surface area contributed by atoms with Crippen LogP contribution in [0.5, 0.6) is 11.5 Å². The lowest BCUT2D eigenvalue weighted by Crippen LogP contribution is -2.22. The van der Waals surface area contributed by atoms with Crippen LogP contribution in [0.2, 0.25) is 0 Å². The molecule has 6 heteroatoms. The second kappa shape index (κ2) is 7.23. The minimum Gasteiger partial charge on any atom is -0.493 e. The van der Waals surface area contributed by atoms with E-state index in [2.05, 4.69) is 21.2 Å². The smallest absolute Gasteiger partial charge is 0.317 e. The molecule has 0 bridgehead atoms. The van der Waals surface area contributed by atoms with Crippen molar-refractivity contribution in [3.63, 3.8) is 0 Å². The molecule has 0 aliphatic carbocycles. The Balaban J connectivity index is 2.94. The van der Waals surface area contributed by atoms with Crippen molar-refractivity contribution in [3.05, 3.63) is 22.2 Å². The Morgan fingerprint density at radius 1 is 1.50 bits per heavy atom. The first-order chi connectivity index (χ1) is 8.60. The van der Waals surface area contributed by atoms with E-state index in [0.29, 0.717) is 24.7 Å². The molecule has 18 heavy (non-hydrogen) atoms. The molecule has 0 spiro atoms. The Bertz CT molecular complexity index is 423. The van der Waals surface area contributed by atoms with Crippen LogP contribution < -0.4 is 14.8 Å². The number of rotatable bonds is 7. The fraction of sp³-hybridized carbons (Fsp3) is 0.417. The maximum atomic E-state index is 10.5. The lowest BCUT2D eigenvalue weighted by atomic mass is 10.2. The van der Waals surface area contributed by atoms with Gasteiger partial charge in [0.25, 0.3) is 0 Å². The van der Waals surface area contributed by atoms with Crippen LogP contribution in [0.15, 0.2) is 16.6 Å². The van der Waals surface area contributed by atoms with Crippen molar-refractivity contribution in [1.29, 1.82) is 0 Å². The minimum atomic E-state index is -0.896. The van der Waals surface area contributed by atoms with Gasteiger partial charge in [-0.25, -0.2) is 0 Å². The Hall–Kier alpha value is -1.27. The highest BCUT2D eigenvalue weighted by Gasteiger charge is 2.14. The molecule has 0 aliphatic rings. The highest BCUT2D eigenvalue weighted by Crippen LogP contribution is 2.36. The number of benzene rings is 1. The first-order valence-electron chi connectivity index (χ1n) is 5.50. The number of carboxylic acid groups (broad SMARTS) is 1. The van der Waals surface area contributed by atoms with Crippen LogP contribution in [0, 0.1) is 0 Å². The van der Waals surface area contributed by atoms with Gasteiger partial charge in [0.2, 0.25) is 0 Å². The fourth-order valence-corrected chi connectivity index (χ4v) is 1.96. The highest BCUT2D eigenvalue weighted by atomic mass is 79.9. The normalized spacial score (nSPS) is 10.2. The maximum absolute atomic E-state index is 10.5. The molecule has 0 atom stereocenters. The number of hydrogen-bond acceptors (Lipinski definition) is 4. The SMILES string of the molecule is CCOc1c(OC)ccc(Br)c1CNCC(=O)O. The topological polar surface area (TPSA) is 67.8 Å². The molecule has 0 saturated heterocycles. The van der Waals surface area contributed by atoms with Gasteiger partial charge in [-0.05, 0) is 19.1 Å². The van der Waals surface area contributed by atoms with Gasteiger partial charge >= 0.3 is 5.97 Å². The molecular weight excluding hydrogens is 302 g/mol. The van der Waals surface area contributed by atoms with E-state index in [9.17, 15) is 4.79 Å². The van der Waals surface area contributed by atoms with E-state index in [4.69, 9.17) is 14.6 Å². The average Bonchev–Trinajstić information content (AvgIpc) is 2.33. The number of halogens is 1. The van der Waals surface area contributed by atoms with Gasteiger partial charge in [0.1, 0.15) is 0 Å². The molecule has 1 aromatic carbocycles. The van der Waals surface area contributed by atoms with E-state index in [-0.39, 0.29) is 6.54 Å². The number of hydrogen-bond donors (Lipinski definition) is 2. The van der Waals surface area contributed by atoms with Crippen LogP contribution in [-0.4, -0.2) is 31.3 Å². The number of carbonyl (C=O) groups is 1. The van der Waals surface area contributed by atoms with E-state index in [1.165, 1.54) is 0 Å². The summed E-state index contributed by atoms with van der Waals surface area (Å²) in [6.07, 6.45) is 0. The van der Waals surface area contributed by atoms with E-state index >= 15 is 0 Å².